The van der Waals surface area contributed by atoms with Gasteiger partial charge in [-0.1, -0.05) is 212 Å². The first-order valence-electron chi connectivity index (χ1n) is 21.8. The van der Waals surface area contributed by atoms with Gasteiger partial charge in [0.05, 0.1) is 11.0 Å². The molecule has 4 nitrogen and oxygen atoms in total. The lowest BCUT2D eigenvalue weighted by Crippen LogP contribution is -2.25. The van der Waals surface area contributed by atoms with Gasteiger partial charge in [-0.15, -0.1) is 0 Å². The Kier molecular flexibility index (Phi) is 9.35. The van der Waals surface area contributed by atoms with Crippen LogP contribution in [-0.4, -0.2) is 9.55 Å². The predicted octanol–water partition coefficient (Wildman–Crippen LogP) is 12.6. The molecule has 0 unspecified atom stereocenters. The van der Waals surface area contributed by atoms with Crippen molar-refractivity contribution < 1.29 is 9.13 Å². The van der Waals surface area contributed by atoms with Gasteiger partial charge in [0.15, 0.2) is 14.3 Å². The molecule has 6 heteroatoms. The Balaban J connectivity index is 1.26. The molecule has 65 heavy (non-hydrogen) atoms. The van der Waals surface area contributed by atoms with Gasteiger partial charge >= 0.3 is 0 Å². The van der Waals surface area contributed by atoms with Crippen molar-refractivity contribution in [3.63, 3.8) is 0 Å². The summed E-state index contributed by atoms with van der Waals surface area (Å²) in [7, 11) is -6.80. The largest absolute Gasteiger partial charge is 0.309 e. The van der Waals surface area contributed by atoms with E-state index in [1.54, 1.807) is 0 Å². The third-order valence-corrected chi connectivity index (χ3v) is 19.0. The maximum absolute atomic E-state index is 16.1. The van der Waals surface area contributed by atoms with Crippen molar-refractivity contribution in [1.29, 1.82) is 0 Å². The lowest BCUT2D eigenvalue weighted by molar-refractivity contribution is 0.591. The minimum Gasteiger partial charge on any atom is -0.309 e. The van der Waals surface area contributed by atoms with Crippen LogP contribution in [0.2, 0.25) is 0 Å². The third kappa shape index (κ3) is 6.17. The number of para-hydroxylation sites is 1. The minimum atomic E-state index is -3.40. The summed E-state index contributed by atoms with van der Waals surface area (Å²) in [6.45, 7) is 0. The molecule has 0 aliphatic heterocycles. The highest BCUT2D eigenvalue weighted by Gasteiger charge is 2.33. The SMILES string of the molecule is O=P(c1ccccc1)(c1ccccc1)c1ccc2c(c1)c1cc(P(=O)(c3ccccc3)c3ccccc3)ccc1c1c2nc(-c2c3ccccc3cc3ccccc23)n1-c1ccccc1. The number of aromatic nitrogens is 2. The fourth-order valence-electron chi connectivity index (χ4n) is 9.87. The van der Waals surface area contributed by atoms with E-state index < -0.39 is 14.3 Å². The van der Waals surface area contributed by atoms with E-state index in [-0.39, 0.29) is 0 Å². The van der Waals surface area contributed by atoms with Gasteiger partial charge in [0.1, 0.15) is 5.82 Å². The molecule has 0 bridgehead atoms. The van der Waals surface area contributed by atoms with E-state index in [2.05, 4.69) is 108 Å². The first-order valence-corrected chi connectivity index (χ1v) is 25.2. The number of hydrogen-bond donors (Lipinski definition) is 0. The Morgan fingerprint density at radius 2 is 0.708 bits per heavy atom. The summed E-state index contributed by atoms with van der Waals surface area (Å²) in [5, 5.41) is 12.6. The Morgan fingerprint density at radius 3 is 1.17 bits per heavy atom. The third-order valence-electron chi connectivity index (χ3n) is 12.9. The normalized spacial score (nSPS) is 12.1. The van der Waals surface area contributed by atoms with E-state index in [9.17, 15) is 0 Å². The quantitative estimate of drug-likeness (QED) is 0.0868. The van der Waals surface area contributed by atoms with Crippen LogP contribution in [0.1, 0.15) is 0 Å². The van der Waals surface area contributed by atoms with Crippen LogP contribution >= 0.6 is 14.3 Å². The van der Waals surface area contributed by atoms with E-state index in [0.717, 1.165) is 92.4 Å². The van der Waals surface area contributed by atoms with Crippen molar-refractivity contribution in [2.45, 2.75) is 0 Å². The molecular formula is C59H40N2O2P2. The van der Waals surface area contributed by atoms with E-state index in [1.165, 1.54) is 0 Å². The van der Waals surface area contributed by atoms with Gasteiger partial charge in [-0.2, -0.15) is 0 Å². The lowest BCUT2D eigenvalue weighted by atomic mass is 9.96. The number of benzene rings is 11. The predicted molar refractivity (Wildman–Crippen MR) is 275 cm³/mol. The molecule has 0 fully saturated rings. The van der Waals surface area contributed by atoms with Crippen LogP contribution in [0.3, 0.4) is 0 Å². The van der Waals surface area contributed by atoms with Crippen LogP contribution in [0, 0.1) is 0 Å². The zero-order chi connectivity index (χ0) is 43.5. The number of hydrogen-bond acceptors (Lipinski definition) is 3. The second-order valence-electron chi connectivity index (χ2n) is 16.5. The highest BCUT2D eigenvalue weighted by Crippen LogP contribution is 2.48. The van der Waals surface area contributed by atoms with Crippen LogP contribution in [0.4, 0.5) is 0 Å². The van der Waals surface area contributed by atoms with E-state index in [1.807, 2.05) is 140 Å². The monoisotopic (exact) mass is 870 g/mol. The van der Waals surface area contributed by atoms with Gasteiger partial charge in [-0.3, -0.25) is 4.57 Å². The van der Waals surface area contributed by atoms with Crippen LogP contribution in [0.25, 0.3) is 71.2 Å². The molecule has 308 valence electrons. The topological polar surface area (TPSA) is 52.0 Å². The lowest BCUT2D eigenvalue weighted by Gasteiger charge is -2.22. The van der Waals surface area contributed by atoms with Gasteiger partial charge in [0.25, 0.3) is 0 Å². The molecule has 0 atom stereocenters. The summed E-state index contributed by atoms with van der Waals surface area (Å²) in [6.07, 6.45) is 0. The summed E-state index contributed by atoms with van der Waals surface area (Å²) >= 11 is 0. The summed E-state index contributed by atoms with van der Waals surface area (Å²) < 4.78 is 34.5. The molecule has 11 aromatic carbocycles. The maximum Gasteiger partial charge on any atom is 0.171 e. The Labute approximate surface area is 376 Å². The van der Waals surface area contributed by atoms with Gasteiger partial charge in [-0.25, -0.2) is 4.98 Å². The molecule has 0 N–H and O–H groups in total. The Hall–Kier alpha value is -7.61. The van der Waals surface area contributed by atoms with Crippen molar-refractivity contribution >= 4 is 100 Å². The summed E-state index contributed by atoms with van der Waals surface area (Å²) in [5.41, 5.74) is 3.78. The molecule has 12 rings (SSSR count). The van der Waals surface area contributed by atoms with Crippen molar-refractivity contribution in [1.82, 2.24) is 9.55 Å². The second-order valence-corrected chi connectivity index (χ2v) is 22.1. The molecule has 0 aliphatic rings. The van der Waals surface area contributed by atoms with E-state index >= 15 is 9.13 Å². The number of imidazole rings is 1. The molecule has 0 saturated carbocycles. The molecule has 0 spiro atoms. The fraction of sp³-hybridized carbons (Fsp3) is 0. The first kappa shape index (κ1) is 39.0. The van der Waals surface area contributed by atoms with Crippen LogP contribution in [0.15, 0.2) is 243 Å². The van der Waals surface area contributed by atoms with Crippen molar-refractivity contribution in [3.8, 4) is 17.1 Å². The highest BCUT2D eigenvalue weighted by atomic mass is 31.2. The fourth-order valence-corrected chi connectivity index (χ4v) is 15.2. The van der Waals surface area contributed by atoms with E-state index in [0.29, 0.717) is 10.6 Å². The molecule has 0 amide bonds. The molecule has 12 aromatic rings. The number of fused-ring (bicyclic) bond motifs is 8. The smallest absolute Gasteiger partial charge is 0.171 e. The van der Waals surface area contributed by atoms with Crippen molar-refractivity contribution in [2.75, 3.05) is 0 Å². The molecule has 1 heterocycles. The summed E-state index contributed by atoms with van der Waals surface area (Å²) in [5.74, 6) is 0.819. The average Bonchev–Trinajstić information content (AvgIpc) is 3.79. The van der Waals surface area contributed by atoms with Crippen molar-refractivity contribution in [2.24, 2.45) is 0 Å². The second kappa shape index (κ2) is 15.6. The molecule has 0 radical (unpaired) electrons. The van der Waals surface area contributed by atoms with Gasteiger partial charge in [0.2, 0.25) is 0 Å². The van der Waals surface area contributed by atoms with Gasteiger partial charge in [-0.05, 0) is 62.6 Å². The Morgan fingerprint density at radius 1 is 0.323 bits per heavy atom. The Bertz CT molecular complexity index is 3730. The highest BCUT2D eigenvalue weighted by molar-refractivity contribution is 7.85. The first-order chi connectivity index (χ1) is 32.0. The molecular weight excluding hydrogens is 831 g/mol. The van der Waals surface area contributed by atoms with Crippen molar-refractivity contribution in [3.05, 3.63) is 243 Å². The minimum absolute atomic E-state index is 0.713. The van der Waals surface area contributed by atoms with Crippen LogP contribution < -0.4 is 31.8 Å². The average molecular weight is 871 g/mol. The summed E-state index contributed by atoms with van der Waals surface area (Å²) in [4.78, 5) is 5.75. The maximum atomic E-state index is 16.1. The van der Waals surface area contributed by atoms with Crippen LogP contribution in [0.5, 0.6) is 0 Å². The number of nitrogens with zero attached hydrogens (tertiary/aromatic N) is 2. The zero-order valence-electron chi connectivity index (χ0n) is 35.2. The summed E-state index contributed by atoms with van der Waals surface area (Å²) in [6, 6.07) is 81.6. The molecule has 0 saturated heterocycles. The zero-order valence-corrected chi connectivity index (χ0v) is 37.0. The van der Waals surface area contributed by atoms with Gasteiger partial charge < -0.3 is 9.13 Å². The molecule has 1 aromatic heterocycles. The standard InChI is InChI=1S/C59H40N2O2P2/c62-64(44-24-8-2-9-25-44,45-26-10-3-11-27-45)48-34-36-52-54(39-48)55-40-49(65(63,46-28-12-4-13-29-46)47-30-14-5-15-31-47)35-37-53(55)58-57(52)60-59(61(58)43-22-6-1-7-23-43)56-50-32-18-16-20-41(50)38-42-21-17-19-33-51(42)56/h1-40H. The van der Waals surface area contributed by atoms with Crippen LogP contribution in [-0.2, 0) is 9.13 Å². The number of rotatable bonds is 8. The van der Waals surface area contributed by atoms with E-state index in [4.69, 9.17) is 4.98 Å². The van der Waals surface area contributed by atoms with Gasteiger partial charge in [0, 0.05) is 53.9 Å². The molecule has 0 aliphatic carbocycles.